The second-order valence-electron chi connectivity index (χ2n) is 11.8. The minimum Gasteiger partial charge on any atom is -0.493 e. The summed E-state index contributed by atoms with van der Waals surface area (Å²) in [6.07, 6.45) is 6.99. The van der Waals surface area contributed by atoms with E-state index in [0.29, 0.717) is 47.8 Å². The molecule has 0 saturated heterocycles. The van der Waals surface area contributed by atoms with Gasteiger partial charge in [-0.25, -0.2) is 0 Å². The van der Waals surface area contributed by atoms with Crippen molar-refractivity contribution in [2.24, 2.45) is 5.41 Å². The number of halogens is 4. The Bertz CT molecular complexity index is 1710. The van der Waals surface area contributed by atoms with Gasteiger partial charge in [-0.1, -0.05) is 0 Å². The molecule has 0 bridgehead atoms. The molecule has 0 spiro atoms. The number of hydrogen-bond donors (Lipinski definition) is 0. The van der Waals surface area contributed by atoms with Crippen molar-refractivity contribution in [3.05, 3.63) is 82.7 Å². The van der Waals surface area contributed by atoms with Crippen LogP contribution in [0.2, 0.25) is 0 Å². The van der Waals surface area contributed by atoms with Crippen LogP contribution in [0.1, 0.15) is 44.9 Å². The number of aromatic nitrogens is 2. The van der Waals surface area contributed by atoms with E-state index in [4.69, 9.17) is 9.15 Å². The second kappa shape index (κ2) is 18.5. The molecule has 4 heterocycles. The molecule has 264 valence electrons. The number of carbonyl (C=O) groups is 2. The third-order valence-electron chi connectivity index (χ3n) is 8.23. The van der Waals surface area contributed by atoms with Crippen molar-refractivity contribution < 1.29 is 18.7 Å². The quantitative estimate of drug-likeness (QED) is 0.118. The number of hydrogen-bond acceptors (Lipinski definition) is 7. The third kappa shape index (κ3) is 9.24. The summed E-state index contributed by atoms with van der Waals surface area (Å²) in [5.74, 6) is 0.928. The first kappa shape index (κ1) is 42.7. The van der Waals surface area contributed by atoms with Gasteiger partial charge in [0.05, 0.1) is 23.4 Å². The van der Waals surface area contributed by atoms with Gasteiger partial charge in [-0.2, -0.15) is 0 Å². The molecule has 0 unspecified atom stereocenters. The van der Waals surface area contributed by atoms with E-state index < -0.39 is 5.41 Å². The van der Waals surface area contributed by atoms with Crippen molar-refractivity contribution >= 4 is 83.8 Å². The van der Waals surface area contributed by atoms with Gasteiger partial charge in [-0.15, -0.1) is 49.6 Å². The van der Waals surface area contributed by atoms with Crippen molar-refractivity contribution in [1.82, 2.24) is 14.5 Å². The van der Waals surface area contributed by atoms with Crippen molar-refractivity contribution in [3.8, 4) is 5.75 Å². The molecular formula is C34H45Cl4N5O5. The van der Waals surface area contributed by atoms with E-state index in [0.717, 1.165) is 38.2 Å². The molecule has 2 amide bonds. The summed E-state index contributed by atoms with van der Waals surface area (Å²) < 4.78 is 13.5. The fraction of sp³-hybridized carbons (Fsp3) is 0.412. The molecular weight excluding hydrogens is 700 g/mol. The largest absolute Gasteiger partial charge is 0.493 e. The number of pyridine rings is 2. The van der Waals surface area contributed by atoms with Crippen LogP contribution < -0.4 is 20.1 Å². The Balaban J connectivity index is 0.00000288. The first-order valence-corrected chi connectivity index (χ1v) is 15.2. The average Bonchev–Trinajstić information content (AvgIpc) is 3.39. The Hall–Kier alpha value is -3.28. The van der Waals surface area contributed by atoms with Gasteiger partial charge in [0, 0.05) is 64.4 Å². The van der Waals surface area contributed by atoms with Crippen LogP contribution in [0.3, 0.4) is 0 Å². The van der Waals surface area contributed by atoms with Gasteiger partial charge in [0.1, 0.15) is 22.5 Å². The minimum atomic E-state index is -1.15. The fourth-order valence-electron chi connectivity index (χ4n) is 5.81. The van der Waals surface area contributed by atoms with Crippen molar-refractivity contribution in [2.75, 3.05) is 43.1 Å². The first-order chi connectivity index (χ1) is 21.1. The van der Waals surface area contributed by atoms with E-state index in [9.17, 15) is 14.4 Å². The fourth-order valence-corrected chi connectivity index (χ4v) is 5.81. The number of nitrogens with zero attached hydrogens (tertiary/aromatic N) is 5. The molecule has 0 saturated carbocycles. The summed E-state index contributed by atoms with van der Waals surface area (Å²) in [5.41, 5.74) is 1.97. The molecule has 1 aromatic carbocycles. The van der Waals surface area contributed by atoms with Crippen molar-refractivity contribution in [1.29, 1.82) is 0 Å². The normalized spacial score (nSPS) is 13.5. The highest BCUT2D eigenvalue weighted by Gasteiger charge is 2.45. The van der Waals surface area contributed by atoms with E-state index in [1.807, 2.05) is 50.2 Å². The zero-order chi connectivity index (χ0) is 31.4. The zero-order valence-corrected chi connectivity index (χ0v) is 31.1. The average molecular weight is 746 g/mol. The maximum Gasteiger partial charge on any atom is 0.261 e. The number of carbonyl (C=O) groups excluding carboxylic acids is 2. The molecule has 5 rings (SSSR count). The van der Waals surface area contributed by atoms with Crippen LogP contribution in [0.25, 0.3) is 11.0 Å². The maximum absolute atomic E-state index is 13.2. The van der Waals surface area contributed by atoms with Gasteiger partial charge in [-0.3, -0.25) is 24.3 Å². The standard InChI is InChI=1S/C34H41N5O5.4ClH/c1-6-39-28-10-9-26(22-29(28)36(5)32(41)34(3,4)33(39)42)43-20-8-17-37(23-25-11-14-35-15-12-25)16-7-18-38-19-13-30-27(31(38)40)21-24(2)44-30;;;;/h9-15,19,21-22H,6-8,16-18,20,23H2,1-5H3;4*1H. The summed E-state index contributed by atoms with van der Waals surface area (Å²) in [6, 6.07) is 13.2. The highest BCUT2D eigenvalue weighted by Crippen LogP contribution is 2.40. The van der Waals surface area contributed by atoms with Gasteiger partial charge in [-0.05, 0) is 82.5 Å². The zero-order valence-electron chi connectivity index (χ0n) is 27.8. The maximum atomic E-state index is 13.2. The SMILES string of the molecule is CCN1C(=O)C(C)(C)C(=O)N(C)c2cc(OCCCN(CCCn3ccc4oc(C)cc4c3=O)Cc3ccncc3)ccc21.Cl.Cl.Cl.Cl. The molecule has 4 aromatic rings. The lowest BCUT2D eigenvalue weighted by Crippen LogP contribution is -2.47. The summed E-state index contributed by atoms with van der Waals surface area (Å²) >= 11 is 0. The molecule has 1 aliphatic rings. The molecule has 0 radical (unpaired) electrons. The van der Waals surface area contributed by atoms with Crippen LogP contribution in [0.5, 0.6) is 5.75 Å². The van der Waals surface area contributed by atoms with Crippen LogP contribution in [0.15, 0.2) is 70.3 Å². The Labute approximate surface area is 306 Å². The van der Waals surface area contributed by atoms with Crippen molar-refractivity contribution in [3.63, 3.8) is 0 Å². The smallest absolute Gasteiger partial charge is 0.261 e. The molecule has 0 fully saturated rings. The Morgan fingerprint density at radius 3 is 2.27 bits per heavy atom. The van der Waals surface area contributed by atoms with Crippen LogP contribution in [0, 0.1) is 12.3 Å². The van der Waals surface area contributed by atoms with E-state index in [2.05, 4.69) is 9.88 Å². The number of furan rings is 1. The number of aryl methyl sites for hydroxylation is 2. The lowest BCUT2D eigenvalue weighted by atomic mass is 9.90. The first-order valence-electron chi connectivity index (χ1n) is 15.2. The Morgan fingerprint density at radius 2 is 1.58 bits per heavy atom. The summed E-state index contributed by atoms with van der Waals surface area (Å²) in [4.78, 5) is 48.9. The lowest BCUT2D eigenvalue weighted by molar-refractivity contribution is -0.137. The van der Waals surface area contributed by atoms with Crippen LogP contribution in [0.4, 0.5) is 11.4 Å². The highest BCUT2D eigenvalue weighted by molar-refractivity contribution is 6.20. The van der Waals surface area contributed by atoms with E-state index in [1.54, 1.807) is 59.9 Å². The lowest BCUT2D eigenvalue weighted by Gasteiger charge is -2.27. The molecule has 10 nitrogen and oxygen atoms in total. The van der Waals surface area contributed by atoms with Crippen LogP contribution >= 0.6 is 49.6 Å². The monoisotopic (exact) mass is 743 g/mol. The molecule has 0 atom stereocenters. The van der Waals surface area contributed by atoms with Gasteiger partial charge in [0.25, 0.3) is 5.56 Å². The van der Waals surface area contributed by atoms with E-state index in [1.165, 1.54) is 5.56 Å². The number of benzene rings is 1. The summed E-state index contributed by atoms with van der Waals surface area (Å²) in [7, 11) is 1.71. The highest BCUT2D eigenvalue weighted by atomic mass is 35.5. The predicted octanol–water partition coefficient (Wildman–Crippen LogP) is 6.70. The van der Waals surface area contributed by atoms with Crippen molar-refractivity contribution in [2.45, 2.75) is 53.6 Å². The molecule has 1 aliphatic heterocycles. The van der Waals surface area contributed by atoms with Crippen LogP contribution in [-0.4, -0.2) is 59.6 Å². The molecule has 0 N–H and O–H groups in total. The molecule has 0 aliphatic carbocycles. The number of rotatable bonds is 12. The second-order valence-corrected chi connectivity index (χ2v) is 11.8. The number of ether oxygens (including phenoxy) is 1. The summed E-state index contributed by atoms with van der Waals surface area (Å²) in [6.45, 7) is 11.0. The van der Waals surface area contributed by atoms with Gasteiger partial charge in [0.15, 0.2) is 0 Å². The number of amides is 2. The van der Waals surface area contributed by atoms with Gasteiger partial charge < -0.3 is 23.5 Å². The summed E-state index contributed by atoms with van der Waals surface area (Å²) in [5, 5.41) is 0.613. The minimum absolute atomic E-state index is 0. The number of anilines is 2. The topological polar surface area (TPSA) is 101 Å². The van der Waals surface area contributed by atoms with E-state index >= 15 is 0 Å². The Morgan fingerprint density at radius 1 is 0.896 bits per heavy atom. The molecule has 48 heavy (non-hydrogen) atoms. The van der Waals surface area contributed by atoms with E-state index in [-0.39, 0.29) is 67.0 Å². The third-order valence-corrected chi connectivity index (χ3v) is 8.23. The Kier molecular flexibility index (Phi) is 16.4. The van der Waals surface area contributed by atoms with Crippen LogP contribution in [-0.2, 0) is 22.7 Å². The number of fused-ring (bicyclic) bond motifs is 2. The molecule has 3 aromatic heterocycles. The molecule has 14 heteroatoms. The van der Waals surface area contributed by atoms with Gasteiger partial charge >= 0.3 is 0 Å². The van der Waals surface area contributed by atoms with Gasteiger partial charge in [0.2, 0.25) is 11.8 Å². The predicted molar refractivity (Wildman–Crippen MR) is 200 cm³/mol.